The van der Waals surface area contributed by atoms with E-state index in [9.17, 15) is 14.4 Å². The summed E-state index contributed by atoms with van der Waals surface area (Å²) < 4.78 is 16.8. The summed E-state index contributed by atoms with van der Waals surface area (Å²) >= 11 is 0. The summed E-state index contributed by atoms with van der Waals surface area (Å²) in [4.78, 5) is 38.1. The highest BCUT2D eigenvalue weighted by atomic mass is 16.6. The fourth-order valence-corrected chi connectivity index (χ4v) is 7.73. The van der Waals surface area contributed by atoms with Crippen molar-refractivity contribution in [1.82, 2.24) is 0 Å². The van der Waals surface area contributed by atoms with Gasteiger partial charge in [-0.2, -0.15) is 0 Å². The number of ether oxygens (including phenoxy) is 3. The molecule has 0 amide bonds. The molecule has 0 aliphatic heterocycles. The van der Waals surface area contributed by atoms with E-state index in [-0.39, 0.29) is 31.1 Å². The first-order chi connectivity index (χ1) is 32.0. The van der Waals surface area contributed by atoms with Gasteiger partial charge in [-0.05, 0) is 109 Å². The second-order valence-corrected chi connectivity index (χ2v) is 18.5. The van der Waals surface area contributed by atoms with Gasteiger partial charge < -0.3 is 14.2 Å². The highest BCUT2D eigenvalue weighted by Crippen LogP contribution is 2.14. The molecule has 0 saturated carbocycles. The van der Waals surface area contributed by atoms with Crippen molar-refractivity contribution in [3.05, 3.63) is 60.8 Å². The van der Waals surface area contributed by atoms with E-state index >= 15 is 0 Å². The Morgan fingerprint density at radius 1 is 0.308 bits per heavy atom. The molecular weight excluding hydrogens is 805 g/mol. The molecule has 0 spiro atoms. The van der Waals surface area contributed by atoms with Crippen molar-refractivity contribution < 1.29 is 28.6 Å². The van der Waals surface area contributed by atoms with Crippen LogP contribution in [0.15, 0.2) is 60.8 Å². The number of carbonyl (C=O) groups excluding carboxylic acids is 3. The van der Waals surface area contributed by atoms with Gasteiger partial charge in [0.15, 0.2) is 6.10 Å². The summed E-state index contributed by atoms with van der Waals surface area (Å²) in [5.41, 5.74) is 0. The van der Waals surface area contributed by atoms with Crippen molar-refractivity contribution in [2.75, 3.05) is 13.2 Å². The normalized spacial score (nSPS) is 12.5. The quantitative estimate of drug-likeness (QED) is 0.0262. The van der Waals surface area contributed by atoms with E-state index in [2.05, 4.69) is 81.5 Å². The number of carbonyl (C=O) groups is 3. The molecule has 376 valence electrons. The van der Waals surface area contributed by atoms with Crippen LogP contribution in [0.4, 0.5) is 0 Å². The lowest BCUT2D eigenvalue weighted by Gasteiger charge is -2.18. The van der Waals surface area contributed by atoms with Crippen LogP contribution in [0.3, 0.4) is 0 Å². The maximum Gasteiger partial charge on any atom is 0.306 e. The van der Waals surface area contributed by atoms with E-state index < -0.39 is 6.10 Å². The molecule has 0 aromatic rings. The lowest BCUT2D eigenvalue weighted by Crippen LogP contribution is -2.30. The molecule has 6 nitrogen and oxygen atoms in total. The van der Waals surface area contributed by atoms with Gasteiger partial charge in [0.1, 0.15) is 13.2 Å². The van der Waals surface area contributed by atoms with Gasteiger partial charge in [0.25, 0.3) is 0 Å². The monoisotopic (exact) mass is 909 g/mol. The van der Waals surface area contributed by atoms with Gasteiger partial charge in [-0.1, -0.05) is 210 Å². The summed E-state index contributed by atoms with van der Waals surface area (Å²) in [6.07, 6.45) is 66.3. The van der Waals surface area contributed by atoms with Crippen LogP contribution < -0.4 is 0 Å². The van der Waals surface area contributed by atoms with Gasteiger partial charge in [-0.3, -0.25) is 14.4 Å². The molecule has 0 aliphatic carbocycles. The standard InChI is InChI=1S/C59H104O6/c1-4-7-10-13-16-19-22-25-28-29-32-34-37-40-43-46-49-52-58(61)64-55-56(65-59(62)53-50-47-44-41-38-35-31-27-24-21-18-15-12-9-6-3)54-63-57(60)51-48-45-42-39-36-33-30-26-23-20-17-14-11-8-5-2/h16-17,19-20,25-28,30-31,56H,4-15,18,21-24,29,32-55H2,1-3H3/b19-16-,20-17-,28-25-,30-26-,31-27-/t56-/m0/s1. The molecule has 0 aromatic heterocycles. The molecule has 0 heterocycles. The van der Waals surface area contributed by atoms with Crippen molar-refractivity contribution in [1.29, 1.82) is 0 Å². The van der Waals surface area contributed by atoms with Crippen LogP contribution in [0.2, 0.25) is 0 Å². The molecule has 0 N–H and O–H groups in total. The largest absolute Gasteiger partial charge is 0.462 e. The minimum Gasteiger partial charge on any atom is -0.462 e. The molecule has 0 fully saturated rings. The van der Waals surface area contributed by atoms with E-state index in [1.807, 2.05) is 0 Å². The fraction of sp³-hybridized carbons (Fsp3) is 0.780. The molecule has 0 aromatic carbocycles. The van der Waals surface area contributed by atoms with Gasteiger partial charge in [-0.15, -0.1) is 0 Å². The Bertz CT molecular complexity index is 1180. The maximum absolute atomic E-state index is 12.8. The zero-order chi connectivity index (χ0) is 47.2. The average Bonchev–Trinajstić information content (AvgIpc) is 3.30. The van der Waals surface area contributed by atoms with Crippen LogP contribution in [-0.2, 0) is 28.6 Å². The van der Waals surface area contributed by atoms with Crippen LogP contribution in [0, 0.1) is 0 Å². The predicted molar refractivity (Wildman–Crippen MR) is 279 cm³/mol. The SMILES string of the molecule is CCCCC/C=C\C/C=C\CCCCCCCCCC(=O)OC[C@H](COC(=O)CCCCCCC/C=C\C/C=C\CCCCC)OC(=O)CCCCCCC/C=C\CCCCCCCC. The van der Waals surface area contributed by atoms with Crippen LogP contribution in [0.1, 0.15) is 278 Å². The lowest BCUT2D eigenvalue weighted by atomic mass is 10.1. The third-order valence-electron chi connectivity index (χ3n) is 12.0. The summed E-state index contributed by atoms with van der Waals surface area (Å²) in [6.45, 7) is 6.57. The molecule has 0 aliphatic rings. The Balaban J connectivity index is 4.42. The first kappa shape index (κ1) is 62.1. The number of esters is 3. The second kappa shape index (κ2) is 53.7. The third-order valence-corrected chi connectivity index (χ3v) is 12.0. The second-order valence-electron chi connectivity index (χ2n) is 18.5. The van der Waals surface area contributed by atoms with Crippen molar-refractivity contribution >= 4 is 17.9 Å². The predicted octanol–water partition coefficient (Wildman–Crippen LogP) is 18.4. The highest BCUT2D eigenvalue weighted by Gasteiger charge is 2.19. The maximum atomic E-state index is 12.8. The Morgan fingerprint density at radius 3 is 0.892 bits per heavy atom. The fourth-order valence-electron chi connectivity index (χ4n) is 7.73. The van der Waals surface area contributed by atoms with Gasteiger partial charge in [-0.25, -0.2) is 0 Å². The first-order valence-electron chi connectivity index (χ1n) is 27.8. The number of allylic oxidation sites excluding steroid dienone is 10. The average molecular weight is 909 g/mol. The number of unbranched alkanes of at least 4 members (excludes halogenated alkanes) is 29. The Morgan fingerprint density at radius 2 is 0.554 bits per heavy atom. The van der Waals surface area contributed by atoms with Crippen molar-refractivity contribution in [2.45, 2.75) is 284 Å². The molecule has 0 unspecified atom stereocenters. The molecule has 0 rings (SSSR count). The number of hydrogen-bond acceptors (Lipinski definition) is 6. The van der Waals surface area contributed by atoms with Crippen LogP contribution >= 0.6 is 0 Å². The third kappa shape index (κ3) is 51.9. The van der Waals surface area contributed by atoms with Crippen molar-refractivity contribution in [3.63, 3.8) is 0 Å². The minimum absolute atomic E-state index is 0.0857. The van der Waals surface area contributed by atoms with E-state index in [1.54, 1.807) is 0 Å². The summed E-state index contributed by atoms with van der Waals surface area (Å²) in [7, 11) is 0. The zero-order valence-electron chi connectivity index (χ0n) is 43.0. The number of rotatable bonds is 50. The van der Waals surface area contributed by atoms with Gasteiger partial charge in [0.05, 0.1) is 0 Å². The van der Waals surface area contributed by atoms with Gasteiger partial charge in [0, 0.05) is 19.3 Å². The summed E-state index contributed by atoms with van der Waals surface area (Å²) in [6, 6.07) is 0. The Hall–Kier alpha value is -2.89. The molecule has 65 heavy (non-hydrogen) atoms. The summed E-state index contributed by atoms with van der Waals surface area (Å²) in [5.74, 6) is -0.908. The molecule has 0 bridgehead atoms. The van der Waals surface area contributed by atoms with E-state index in [4.69, 9.17) is 14.2 Å². The topological polar surface area (TPSA) is 78.9 Å². The minimum atomic E-state index is -0.787. The smallest absolute Gasteiger partial charge is 0.306 e. The molecule has 1 atom stereocenters. The number of hydrogen-bond donors (Lipinski definition) is 0. The Kier molecular flexibility index (Phi) is 51.3. The van der Waals surface area contributed by atoms with Crippen molar-refractivity contribution in [3.8, 4) is 0 Å². The molecule has 0 radical (unpaired) electrons. The molecule has 6 heteroatoms. The van der Waals surface area contributed by atoms with E-state index in [0.717, 1.165) is 103 Å². The first-order valence-corrected chi connectivity index (χ1v) is 27.8. The van der Waals surface area contributed by atoms with Crippen molar-refractivity contribution in [2.24, 2.45) is 0 Å². The Labute approximate surface area is 402 Å². The van der Waals surface area contributed by atoms with E-state index in [0.29, 0.717) is 19.3 Å². The van der Waals surface area contributed by atoms with Crippen LogP contribution in [0.25, 0.3) is 0 Å². The van der Waals surface area contributed by atoms with E-state index in [1.165, 1.54) is 135 Å². The van der Waals surface area contributed by atoms with Gasteiger partial charge >= 0.3 is 17.9 Å². The lowest BCUT2D eigenvalue weighted by molar-refractivity contribution is -0.167. The highest BCUT2D eigenvalue weighted by molar-refractivity contribution is 5.71. The van der Waals surface area contributed by atoms with Crippen LogP contribution in [-0.4, -0.2) is 37.2 Å². The molecular formula is C59H104O6. The summed E-state index contributed by atoms with van der Waals surface area (Å²) in [5, 5.41) is 0. The van der Waals surface area contributed by atoms with Gasteiger partial charge in [0.2, 0.25) is 0 Å². The van der Waals surface area contributed by atoms with Crippen LogP contribution in [0.5, 0.6) is 0 Å². The molecule has 0 saturated heterocycles. The zero-order valence-corrected chi connectivity index (χ0v) is 43.0.